The van der Waals surface area contributed by atoms with E-state index in [-0.39, 0.29) is 18.0 Å². The van der Waals surface area contributed by atoms with Crippen LogP contribution in [0.3, 0.4) is 0 Å². The summed E-state index contributed by atoms with van der Waals surface area (Å²) >= 11 is 0. The van der Waals surface area contributed by atoms with Gasteiger partial charge < -0.3 is 10.1 Å². The third-order valence-electron chi connectivity index (χ3n) is 4.68. The lowest BCUT2D eigenvalue weighted by Gasteiger charge is -2.31. The highest BCUT2D eigenvalue weighted by Gasteiger charge is 2.31. The van der Waals surface area contributed by atoms with E-state index >= 15 is 0 Å². The van der Waals surface area contributed by atoms with Crippen LogP contribution in [0.25, 0.3) is 0 Å². The Bertz CT molecular complexity index is 937. The van der Waals surface area contributed by atoms with Crippen molar-refractivity contribution in [3.8, 4) is 5.75 Å². The Balaban J connectivity index is 1.71. The van der Waals surface area contributed by atoms with E-state index in [2.05, 4.69) is 45.0 Å². The van der Waals surface area contributed by atoms with E-state index in [1.165, 1.54) is 6.92 Å². The average Bonchev–Trinajstić information content (AvgIpc) is 3.09. The van der Waals surface area contributed by atoms with E-state index in [0.29, 0.717) is 11.9 Å². The van der Waals surface area contributed by atoms with Crippen LogP contribution >= 0.6 is 0 Å². The van der Waals surface area contributed by atoms with Crippen LogP contribution < -0.4 is 15.4 Å². The van der Waals surface area contributed by atoms with Crippen molar-refractivity contribution in [2.45, 2.75) is 25.4 Å². The van der Waals surface area contributed by atoms with Crippen LogP contribution in [0.2, 0.25) is 0 Å². The SMILES string of the molecule is COc1ccc(C2CC(c3ccccc3)n3nc(NC(C)=O)nc3N2)cc1. The van der Waals surface area contributed by atoms with Crippen molar-refractivity contribution in [3.05, 3.63) is 65.7 Å². The predicted octanol–water partition coefficient (Wildman–Crippen LogP) is 3.39. The Morgan fingerprint density at radius 1 is 1.15 bits per heavy atom. The van der Waals surface area contributed by atoms with Gasteiger partial charge in [0.1, 0.15) is 5.75 Å². The Hall–Kier alpha value is -3.35. The molecule has 4 rings (SSSR count). The van der Waals surface area contributed by atoms with Gasteiger partial charge in [-0.15, -0.1) is 5.10 Å². The maximum absolute atomic E-state index is 11.4. The molecule has 3 aromatic rings. The molecule has 2 unspecified atom stereocenters. The Morgan fingerprint density at radius 2 is 1.89 bits per heavy atom. The quantitative estimate of drug-likeness (QED) is 0.743. The van der Waals surface area contributed by atoms with Gasteiger partial charge in [0.05, 0.1) is 19.2 Å². The minimum atomic E-state index is -0.194. The van der Waals surface area contributed by atoms with Crippen LogP contribution in [-0.2, 0) is 4.79 Å². The number of nitrogens with one attached hydrogen (secondary N) is 2. The fourth-order valence-corrected chi connectivity index (χ4v) is 3.40. The van der Waals surface area contributed by atoms with E-state index in [4.69, 9.17) is 4.74 Å². The van der Waals surface area contributed by atoms with Crippen molar-refractivity contribution < 1.29 is 9.53 Å². The number of fused-ring (bicyclic) bond motifs is 1. The highest BCUT2D eigenvalue weighted by Crippen LogP contribution is 2.38. The number of anilines is 2. The minimum Gasteiger partial charge on any atom is -0.497 e. The first-order chi connectivity index (χ1) is 13.1. The highest BCUT2D eigenvalue weighted by atomic mass is 16.5. The van der Waals surface area contributed by atoms with Crippen LogP contribution in [0.4, 0.5) is 11.9 Å². The first-order valence-corrected chi connectivity index (χ1v) is 8.83. The van der Waals surface area contributed by atoms with Gasteiger partial charge in [0, 0.05) is 6.92 Å². The molecule has 7 heteroatoms. The van der Waals surface area contributed by atoms with Gasteiger partial charge in [0.25, 0.3) is 5.95 Å². The van der Waals surface area contributed by atoms with E-state index in [1.807, 2.05) is 35.0 Å². The van der Waals surface area contributed by atoms with Gasteiger partial charge in [-0.3, -0.25) is 10.1 Å². The van der Waals surface area contributed by atoms with Gasteiger partial charge in [-0.05, 0) is 29.7 Å². The zero-order chi connectivity index (χ0) is 18.8. The van der Waals surface area contributed by atoms with Gasteiger partial charge in [-0.25, -0.2) is 4.68 Å². The second-order valence-electron chi connectivity index (χ2n) is 6.52. The topological polar surface area (TPSA) is 81.1 Å². The number of nitrogens with zero attached hydrogens (tertiary/aromatic N) is 3. The molecular weight excluding hydrogens is 342 g/mol. The number of rotatable bonds is 4. The monoisotopic (exact) mass is 363 g/mol. The van der Waals surface area contributed by atoms with Crippen LogP contribution in [-0.4, -0.2) is 27.8 Å². The summed E-state index contributed by atoms with van der Waals surface area (Å²) in [6.45, 7) is 1.45. The van der Waals surface area contributed by atoms with Crippen molar-refractivity contribution >= 4 is 17.8 Å². The number of ether oxygens (including phenoxy) is 1. The van der Waals surface area contributed by atoms with Crippen LogP contribution in [0.15, 0.2) is 54.6 Å². The van der Waals surface area contributed by atoms with E-state index in [1.54, 1.807) is 7.11 Å². The van der Waals surface area contributed by atoms with Gasteiger partial charge in [0.15, 0.2) is 0 Å². The molecular formula is C20H21N5O2. The maximum Gasteiger partial charge on any atom is 0.250 e. The highest BCUT2D eigenvalue weighted by molar-refractivity contribution is 5.86. The van der Waals surface area contributed by atoms with Crippen LogP contribution in [0, 0.1) is 0 Å². The molecule has 0 saturated carbocycles. The van der Waals surface area contributed by atoms with Crippen molar-refractivity contribution in [2.24, 2.45) is 0 Å². The van der Waals surface area contributed by atoms with E-state index in [0.717, 1.165) is 23.3 Å². The molecule has 0 saturated heterocycles. The molecule has 2 N–H and O–H groups in total. The molecule has 2 heterocycles. The van der Waals surface area contributed by atoms with Crippen LogP contribution in [0.5, 0.6) is 5.75 Å². The average molecular weight is 363 g/mol. The molecule has 1 aliphatic heterocycles. The summed E-state index contributed by atoms with van der Waals surface area (Å²) in [7, 11) is 1.66. The lowest BCUT2D eigenvalue weighted by Crippen LogP contribution is -2.28. The fraction of sp³-hybridized carbons (Fsp3) is 0.250. The number of carbonyl (C=O) groups excluding carboxylic acids is 1. The minimum absolute atomic E-state index is 0.0181. The normalized spacial score (nSPS) is 18.3. The van der Waals surface area contributed by atoms with Crippen LogP contribution in [0.1, 0.15) is 36.6 Å². The second-order valence-corrected chi connectivity index (χ2v) is 6.52. The lowest BCUT2D eigenvalue weighted by atomic mass is 9.93. The van der Waals surface area contributed by atoms with Crippen molar-refractivity contribution in [3.63, 3.8) is 0 Å². The first-order valence-electron chi connectivity index (χ1n) is 8.83. The molecule has 0 fully saturated rings. The summed E-state index contributed by atoms with van der Waals surface area (Å²) in [5, 5.41) is 10.6. The molecule has 1 amide bonds. The zero-order valence-corrected chi connectivity index (χ0v) is 15.2. The number of amides is 1. The molecule has 0 spiro atoms. The number of hydrogen-bond donors (Lipinski definition) is 2. The predicted molar refractivity (Wildman–Crippen MR) is 103 cm³/mol. The lowest BCUT2D eigenvalue weighted by molar-refractivity contribution is -0.114. The largest absolute Gasteiger partial charge is 0.497 e. The second kappa shape index (κ2) is 7.11. The molecule has 1 aliphatic rings. The van der Waals surface area contributed by atoms with Gasteiger partial charge in [-0.1, -0.05) is 42.5 Å². The smallest absolute Gasteiger partial charge is 0.250 e. The zero-order valence-electron chi connectivity index (χ0n) is 15.2. The van der Waals surface area contributed by atoms with Gasteiger partial charge in [0.2, 0.25) is 11.9 Å². The summed E-state index contributed by atoms with van der Waals surface area (Å²) < 4.78 is 7.10. The van der Waals surface area contributed by atoms with Gasteiger partial charge >= 0.3 is 0 Å². The number of benzene rings is 2. The maximum atomic E-state index is 11.4. The Morgan fingerprint density at radius 3 is 2.56 bits per heavy atom. The number of aromatic nitrogens is 3. The van der Waals surface area contributed by atoms with E-state index < -0.39 is 0 Å². The standard InChI is InChI=1S/C20H21N5O2/c1-13(26)21-19-23-20-22-17(14-8-10-16(27-2)11-9-14)12-18(25(20)24-19)15-6-4-3-5-7-15/h3-11,17-18H,12H2,1-2H3,(H2,21,22,23,24,26). The van der Waals surface area contributed by atoms with Gasteiger partial charge in [-0.2, -0.15) is 4.98 Å². The molecule has 0 aliphatic carbocycles. The molecule has 1 aromatic heterocycles. The van der Waals surface area contributed by atoms with Crippen molar-refractivity contribution in [1.29, 1.82) is 0 Å². The Kier molecular flexibility index (Phi) is 4.50. The fourth-order valence-electron chi connectivity index (χ4n) is 3.40. The summed E-state index contributed by atoms with van der Waals surface area (Å²) in [6, 6.07) is 18.3. The molecule has 27 heavy (non-hydrogen) atoms. The summed E-state index contributed by atoms with van der Waals surface area (Å²) in [6.07, 6.45) is 0.812. The first kappa shape index (κ1) is 17.1. The Labute approximate surface area is 157 Å². The molecule has 0 radical (unpaired) electrons. The summed E-state index contributed by atoms with van der Waals surface area (Å²) in [5.41, 5.74) is 2.30. The third-order valence-corrected chi connectivity index (χ3v) is 4.68. The molecule has 0 bridgehead atoms. The summed E-state index contributed by atoms with van der Waals surface area (Å²) in [5.74, 6) is 1.58. The number of methoxy groups -OCH3 is 1. The van der Waals surface area contributed by atoms with Crippen molar-refractivity contribution in [2.75, 3.05) is 17.7 Å². The third kappa shape index (κ3) is 3.48. The molecule has 2 atom stereocenters. The molecule has 2 aromatic carbocycles. The van der Waals surface area contributed by atoms with E-state index in [9.17, 15) is 4.79 Å². The molecule has 7 nitrogen and oxygen atoms in total. The number of carbonyl (C=O) groups is 1. The summed E-state index contributed by atoms with van der Waals surface area (Å²) in [4.78, 5) is 15.9. The number of hydrogen-bond acceptors (Lipinski definition) is 5. The van der Waals surface area contributed by atoms with Crippen molar-refractivity contribution in [1.82, 2.24) is 14.8 Å². The molecule has 138 valence electrons.